The van der Waals surface area contributed by atoms with Crippen LogP contribution in [-0.2, 0) is 22.6 Å². The van der Waals surface area contributed by atoms with Crippen LogP contribution in [0.25, 0.3) is 0 Å². The lowest BCUT2D eigenvalue weighted by Crippen LogP contribution is -2.49. The third-order valence-electron chi connectivity index (χ3n) is 4.85. The van der Waals surface area contributed by atoms with Gasteiger partial charge in [-0.2, -0.15) is 0 Å². The van der Waals surface area contributed by atoms with E-state index >= 15 is 0 Å². The van der Waals surface area contributed by atoms with Gasteiger partial charge in [0.2, 0.25) is 11.8 Å². The first-order valence-corrected chi connectivity index (χ1v) is 10.1. The van der Waals surface area contributed by atoms with E-state index < -0.39 is 6.04 Å². The van der Waals surface area contributed by atoms with Crippen molar-refractivity contribution >= 4 is 23.4 Å². The fraction of sp³-hybridized carbons (Fsp3) is 0.391. The molecule has 0 fully saturated rings. The van der Waals surface area contributed by atoms with Gasteiger partial charge in [-0.05, 0) is 50.5 Å². The van der Waals surface area contributed by atoms with E-state index in [-0.39, 0.29) is 24.3 Å². The predicted molar refractivity (Wildman–Crippen MR) is 114 cm³/mol. The molecule has 0 aliphatic heterocycles. The van der Waals surface area contributed by atoms with Crippen molar-refractivity contribution < 1.29 is 9.59 Å². The summed E-state index contributed by atoms with van der Waals surface area (Å²) in [5.74, 6) is -0.230. The molecule has 0 heterocycles. The molecule has 0 saturated carbocycles. The van der Waals surface area contributed by atoms with Crippen LogP contribution in [0.15, 0.2) is 48.5 Å². The number of halogens is 1. The molecule has 2 amide bonds. The van der Waals surface area contributed by atoms with Crippen LogP contribution in [0.5, 0.6) is 0 Å². The summed E-state index contributed by atoms with van der Waals surface area (Å²) in [6.07, 6.45) is 1.09. The largest absolute Gasteiger partial charge is 0.352 e. The molecule has 2 rings (SSSR count). The van der Waals surface area contributed by atoms with Crippen LogP contribution in [0, 0.1) is 6.92 Å². The molecule has 2 atom stereocenters. The van der Waals surface area contributed by atoms with Crippen molar-refractivity contribution in [3.8, 4) is 0 Å². The van der Waals surface area contributed by atoms with Gasteiger partial charge in [0.05, 0.1) is 6.42 Å². The normalized spacial score (nSPS) is 12.9. The minimum absolute atomic E-state index is 0.0647. The Labute approximate surface area is 172 Å². The maximum absolute atomic E-state index is 13.1. The number of nitrogens with zero attached hydrogens (tertiary/aromatic N) is 1. The van der Waals surface area contributed by atoms with Gasteiger partial charge in [0.1, 0.15) is 6.04 Å². The summed E-state index contributed by atoms with van der Waals surface area (Å²) < 4.78 is 0. The Balaban J connectivity index is 2.23. The van der Waals surface area contributed by atoms with Gasteiger partial charge in [-0.15, -0.1) is 0 Å². The molecule has 0 aromatic heterocycles. The SMILES string of the molecule is CCC(C)NC(=O)C(C)N(Cc1cccc(Cl)c1)C(=O)Cc1cccc(C)c1. The van der Waals surface area contributed by atoms with Crippen LogP contribution in [0.1, 0.15) is 43.9 Å². The van der Waals surface area contributed by atoms with Crippen LogP contribution in [0.4, 0.5) is 0 Å². The minimum Gasteiger partial charge on any atom is -0.352 e. The highest BCUT2D eigenvalue weighted by atomic mass is 35.5. The number of hydrogen-bond donors (Lipinski definition) is 1. The summed E-state index contributed by atoms with van der Waals surface area (Å²) >= 11 is 6.10. The summed E-state index contributed by atoms with van der Waals surface area (Å²) in [6, 6.07) is 14.8. The highest BCUT2D eigenvalue weighted by Gasteiger charge is 2.26. The molecular formula is C23H29ClN2O2. The summed E-state index contributed by atoms with van der Waals surface area (Å²) in [6.45, 7) is 8.08. The van der Waals surface area contributed by atoms with Gasteiger partial charge in [0, 0.05) is 17.6 Å². The molecule has 0 spiro atoms. The van der Waals surface area contributed by atoms with E-state index in [1.165, 1.54) is 0 Å². The fourth-order valence-electron chi connectivity index (χ4n) is 2.98. The second-order valence-electron chi connectivity index (χ2n) is 7.31. The summed E-state index contributed by atoms with van der Waals surface area (Å²) in [4.78, 5) is 27.4. The van der Waals surface area contributed by atoms with Gasteiger partial charge in [0.25, 0.3) is 0 Å². The molecule has 0 aliphatic carbocycles. The zero-order valence-electron chi connectivity index (χ0n) is 17.0. The van der Waals surface area contributed by atoms with Crippen molar-refractivity contribution in [3.63, 3.8) is 0 Å². The number of hydrogen-bond acceptors (Lipinski definition) is 2. The minimum atomic E-state index is -0.578. The Hall–Kier alpha value is -2.33. The van der Waals surface area contributed by atoms with Crippen molar-refractivity contribution in [1.82, 2.24) is 10.2 Å². The quantitative estimate of drug-likeness (QED) is 0.708. The Morgan fingerprint density at radius 1 is 1.07 bits per heavy atom. The summed E-state index contributed by atoms with van der Waals surface area (Å²) in [5.41, 5.74) is 2.94. The monoisotopic (exact) mass is 400 g/mol. The molecule has 1 N–H and O–H groups in total. The molecule has 5 heteroatoms. The number of carbonyl (C=O) groups is 2. The Kier molecular flexibility index (Phi) is 8.06. The number of benzene rings is 2. The second kappa shape index (κ2) is 10.3. The number of rotatable bonds is 8. The Morgan fingerprint density at radius 3 is 2.39 bits per heavy atom. The molecule has 0 radical (unpaired) electrons. The van der Waals surface area contributed by atoms with Gasteiger partial charge in [-0.25, -0.2) is 0 Å². The molecule has 150 valence electrons. The maximum Gasteiger partial charge on any atom is 0.242 e. The molecule has 0 aliphatic rings. The standard InChI is InChI=1S/C23H29ClN2O2/c1-5-17(3)25-23(28)18(4)26(15-20-10-7-11-21(24)13-20)22(27)14-19-9-6-8-16(2)12-19/h6-13,17-18H,5,14-15H2,1-4H3,(H,25,28). The maximum atomic E-state index is 13.1. The zero-order valence-corrected chi connectivity index (χ0v) is 17.8. The van der Waals surface area contributed by atoms with Gasteiger partial charge in [-0.1, -0.05) is 60.5 Å². The number of carbonyl (C=O) groups excluding carboxylic acids is 2. The molecule has 4 nitrogen and oxygen atoms in total. The Morgan fingerprint density at radius 2 is 1.75 bits per heavy atom. The van der Waals surface area contributed by atoms with E-state index in [2.05, 4.69) is 5.32 Å². The van der Waals surface area contributed by atoms with Crippen molar-refractivity contribution in [3.05, 3.63) is 70.2 Å². The van der Waals surface area contributed by atoms with E-state index in [0.717, 1.165) is 23.1 Å². The summed E-state index contributed by atoms with van der Waals surface area (Å²) in [5, 5.41) is 3.59. The first-order chi connectivity index (χ1) is 13.3. The van der Waals surface area contributed by atoms with Crippen LogP contribution in [0.2, 0.25) is 5.02 Å². The zero-order chi connectivity index (χ0) is 20.7. The highest BCUT2D eigenvalue weighted by Crippen LogP contribution is 2.16. The van der Waals surface area contributed by atoms with Gasteiger partial charge in [0.15, 0.2) is 0 Å². The fourth-order valence-corrected chi connectivity index (χ4v) is 3.19. The molecule has 2 aromatic carbocycles. The number of aryl methyl sites for hydroxylation is 1. The van der Waals surface area contributed by atoms with Crippen LogP contribution in [-0.4, -0.2) is 28.8 Å². The van der Waals surface area contributed by atoms with E-state index in [4.69, 9.17) is 11.6 Å². The van der Waals surface area contributed by atoms with Crippen LogP contribution in [0.3, 0.4) is 0 Å². The van der Waals surface area contributed by atoms with Crippen molar-refractivity contribution in [2.45, 2.75) is 59.2 Å². The van der Waals surface area contributed by atoms with Gasteiger partial charge in [-0.3, -0.25) is 9.59 Å². The second-order valence-corrected chi connectivity index (χ2v) is 7.75. The highest BCUT2D eigenvalue weighted by molar-refractivity contribution is 6.30. The van der Waals surface area contributed by atoms with Crippen LogP contribution >= 0.6 is 11.6 Å². The molecule has 2 unspecified atom stereocenters. The third kappa shape index (κ3) is 6.38. The summed E-state index contributed by atoms with van der Waals surface area (Å²) in [7, 11) is 0. The Bertz CT molecular complexity index is 822. The van der Waals surface area contributed by atoms with E-state index in [9.17, 15) is 9.59 Å². The first-order valence-electron chi connectivity index (χ1n) is 9.70. The smallest absolute Gasteiger partial charge is 0.242 e. The van der Waals surface area contributed by atoms with Crippen LogP contribution < -0.4 is 5.32 Å². The lowest BCUT2D eigenvalue weighted by molar-refractivity contribution is -0.140. The average molecular weight is 401 g/mol. The van der Waals surface area contributed by atoms with E-state index in [1.54, 1.807) is 17.9 Å². The first kappa shape index (κ1) is 22.0. The molecular weight excluding hydrogens is 372 g/mol. The molecule has 0 saturated heterocycles. The van der Waals surface area contributed by atoms with Gasteiger partial charge >= 0.3 is 0 Å². The lowest BCUT2D eigenvalue weighted by Gasteiger charge is -2.30. The topological polar surface area (TPSA) is 49.4 Å². The average Bonchev–Trinajstić information content (AvgIpc) is 2.65. The third-order valence-corrected chi connectivity index (χ3v) is 5.08. The predicted octanol–water partition coefficient (Wildman–Crippen LogP) is 4.52. The van der Waals surface area contributed by atoms with E-state index in [0.29, 0.717) is 11.6 Å². The van der Waals surface area contributed by atoms with Crippen molar-refractivity contribution in [1.29, 1.82) is 0 Å². The van der Waals surface area contributed by atoms with Crippen molar-refractivity contribution in [2.75, 3.05) is 0 Å². The number of nitrogens with one attached hydrogen (secondary N) is 1. The number of amides is 2. The lowest BCUT2D eigenvalue weighted by atomic mass is 10.1. The van der Waals surface area contributed by atoms with Gasteiger partial charge < -0.3 is 10.2 Å². The van der Waals surface area contributed by atoms with E-state index in [1.807, 2.05) is 63.2 Å². The van der Waals surface area contributed by atoms with Crippen molar-refractivity contribution in [2.24, 2.45) is 0 Å². The molecule has 2 aromatic rings. The molecule has 0 bridgehead atoms. The molecule has 28 heavy (non-hydrogen) atoms.